The lowest BCUT2D eigenvalue weighted by Gasteiger charge is -2.33. The van der Waals surface area contributed by atoms with Gasteiger partial charge in [0.05, 0.1) is 11.0 Å². The minimum Gasteiger partial charge on any atom is -0.507 e. The molecule has 0 amide bonds. The second-order valence-corrected chi connectivity index (χ2v) is 6.89. The highest BCUT2D eigenvalue weighted by molar-refractivity contribution is 6.28. The van der Waals surface area contributed by atoms with Crippen LogP contribution in [0.1, 0.15) is 47.8 Å². The lowest BCUT2D eigenvalue weighted by Crippen LogP contribution is -2.46. The molecule has 0 unspecified atom stereocenters. The van der Waals surface area contributed by atoms with Crippen LogP contribution in [0.3, 0.4) is 0 Å². The molecule has 25 heavy (non-hydrogen) atoms. The van der Waals surface area contributed by atoms with E-state index in [0.717, 1.165) is 0 Å². The van der Waals surface area contributed by atoms with Crippen LogP contribution in [-0.4, -0.2) is 33.3 Å². The van der Waals surface area contributed by atoms with Gasteiger partial charge in [-0.3, -0.25) is 19.2 Å². The van der Waals surface area contributed by atoms with Gasteiger partial charge in [0.15, 0.2) is 17.3 Å². The van der Waals surface area contributed by atoms with E-state index >= 15 is 0 Å². The molecule has 0 saturated heterocycles. The van der Waals surface area contributed by atoms with Gasteiger partial charge in [-0.25, -0.2) is 0 Å². The van der Waals surface area contributed by atoms with Gasteiger partial charge in [0.2, 0.25) is 0 Å². The first-order chi connectivity index (χ1) is 11.5. The van der Waals surface area contributed by atoms with Crippen LogP contribution < -0.4 is 0 Å². The van der Waals surface area contributed by atoms with Gasteiger partial charge in [-0.15, -0.1) is 0 Å². The molecule has 130 valence electrons. The Balaban J connectivity index is 2.41. The highest BCUT2D eigenvalue weighted by atomic mass is 16.3. The predicted octanol–water partition coefficient (Wildman–Crippen LogP) is 1.71. The van der Waals surface area contributed by atoms with Crippen LogP contribution in [0.15, 0.2) is 11.6 Å². The molecule has 6 nitrogen and oxygen atoms in total. The fraction of sp³-hybridized carbons (Fsp3) is 0.368. The number of benzene rings is 1. The number of hydrogen-bond donors (Lipinski definition) is 2. The maximum absolute atomic E-state index is 13.0. The Morgan fingerprint density at radius 1 is 1.16 bits per heavy atom. The first kappa shape index (κ1) is 17.1. The van der Waals surface area contributed by atoms with Crippen molar-refractivity contribution in [1.29, 1.82) is 0 Å². The molecule has 0 aliphatic heterocycles. The molecule has 0 radical (unpaired) electrons. The zero-order chi connectivity index (χ0) is 18.8. The van der Waals surface area contributed by atoms with Gasteiger partial charge in [-0.2, -0.15) is 0 Å². The number of fused-ring (bicyclic) bond motifs is 3. The lowest BCUT2D eigenvalue weighted by molar-refractivity contribution is -0.140. The van der Waals surface area contributed by atoms with E-state index in [2.05, 4.69) is 0 Å². The van der Waals surface area contributed by atoms with E-state index in [1.54, 1.807) is 6.92 Å². The largest absolute Gasteiger partial charge is 0.507 e. The Bertz CT molecular complexity index is 921. The number of hydrogen-bond acceptors (Lipinski definition) is 6. The number of phenolic OH excluding ortho intramolecular Hbond substituents is 2. The minimum absolute atomic E-state index is 0.0430. The fourth-order valence-electron chi connectivity index (χ4n) is 4.06. The second kappa shape index (κ2) is 5.12. The normalized spacial score (nSPS) is 24.6. The van der Waals surface area contributed by atoms with Crippen LogP contribution in [0.2, 0.25) is 0 Å². The van der Waals surface area contributed by atoms with E-state index in [-0.39, 0.29) is 34.6 Å². The van der Waals surface area contributed by atoms with Gasteiger partial charge < -0.3 is 10.2 Å². The third-order valence-corrected chi connectivity index (χ3v) is 5.41. The quantitative estimate of drug-likeness (QED) is 0.625. The number of ketones is 4. The van der Waals surface area contributed by atoms with Crippen LogP contribution in [0.4, 0.5) is 0 Å². The summed E-state index contributed by atoms with van der Waals surface area (Å²) in [6.45, 7) is 5.47. The zero-order valence-corrected chi connectivity index (χ0v) is 14.4. The number of rotatable bonds is 2. The predicted molar refractivity (Wildman–Crippen MR) is 87.8 cm³/mol. The number of aromatic hydroxyl groups is 2. The first-order valence-corrected chi connectivity index (χ1v) is 7.91. The first-order valence-electron chi connectivity index (χ1n) is 7.91. The maximum Gasteiger partial charge on any atom is 0.173 e. The van der Waals surface area contributed by atoms with E-state index in [0.29, 0.717) is 11.1 Å². The Labute approximate surface area is 144 Å². The standard InChI is InChI=1S/C19H18O6/c1-7-16(23)13(8(2)20)11-5-10-6-12(22)14(9(3)21)18(25)19(10,4)15(11)17(7)24/h6,14,23-24H,5H2,1-4H3/t14-,19+/m0/s1. The van der Waals surface area contributed by atoms with Crippen LogP contribution in [0.25, 0.3) is 0 Å². The third-order valence-electron chi connectivity index (χ3n) is 5.41. The number of Topliss-reactive ketones (excluding diaryl/α,β-unsaturated/α-hetero) is 3. The average Bonchev–Trinajstić information content (AvgIpc) is 2.78. The van der Waals surface area contributed by atoms with E-state index < -0.39 is 34.5 Å². The Hall–Kier alpha value is -2.76. The number of allylic oxidation sites excluding steroid dienone is 2. The van der Waals surface area contributed by atoms with E-state index in [4.69, 9.17) is 0 Å². The summed E-state index contributed by atoms with van der Waals surface area (Å²) in [7, 11) is 0. The molecule has 2 aliphatic carbocycles. The summed E-state index contributed by atoms with van der Waals surface area (Å²) < 4.78 is 0. The molecule has 2 N–H and O–H groups in total. The van der Waals surface area contributed by atoms with Gasteiger partial charge in [-0.1, -0.05) is 0 Å². The second-order valence-electron chi connectivity index (χ2n) is 6.89. The summed E-state index contributed by atoms with van der Waals surface area (Å²) in [5, 5.41) is 20.9. The molecular weight excluding hydrogens is 324 g/mol. The number of carbonyl (C=O) groups is 4. The molecule has 0 aromatic heterocycles. The van der Waals surface area contributed by atoms with Crippen molar-refractivity contribution < 1.29 is 29.4 Å². The number of carbonyl (C=O) groups excluding carboxylic acids is 4. The molecule has 3 rings (SSSR count). The fourth-order valence-corrected chi connectivity index (χ4v) is 4.06. The van der Waals surface area contributed by atoms with Crippen molar-refractivity contribution in [3.8, 4) is 11.5 Å². The number of phenols is 2. The van der Waals surface area contributed by atoms with Gasteiger partial charge in [-0.05, 0) is 51.3 Å². The van der Waals surface area contributed by atoms with Crippen LogP contribution in [0, 0.1) is 12.8 Å². The van der Waals surface area contributed by atoms with Gasteiger partial charge in [0.1, 0.15) is 23.2 Å². The SMILES string of the molecule is CC(=O)c1c(O)c(C)c(O)c2c1CC1=CC(=O)[C@H](C(C)=O)C(=O)[C@]12C. The van der Waals surface area contributed by atoms with Crippen molar-refractivity contribution in [3.05, 3.63) is 33.9 Å². The van der Waals surface area contributed by atoms with E-state index in [1.807, 2.05) is 0 Å². The van der Waals surface area contributed by atoms with E-state index in [9.17, 15) is 29.4 Å². The van der Waals surface area contributed by atoms with Gasteiger partial charge in [0.25, 0.3) is 0 Å². The molecule has 0 spiro atoms. The highest BCUT2D eigenvalue weighted by Crippen LogP contribution is 2.54. The molecule has 2 aliphatic rings. The smallest absolute Gasteiger partial charge is 0.173 e. The Morgan fingerprint density at radius 2 is 1.76 bits per heavy atom. The molecule has 1 aromatic carbocycles. The Kier molecular flexibility index (Phi) is 3.49. The molecule has 6 heteroatoms. The van der Waals surface area contributed by atoms with Crippen molar-refractivity contribution in [3.63, 3.8) is 0 Å². The third kappa shape index (κ3) is 1.97. The summed E-state index contributed by atoms with van der Waals surface area (Å²) in [6, 6.07) is 0. The van der Waals surface area contributed by atoms with E-state index in [1.165, 1.54) is 26.8 Å². The van der Waals surface area contributed by atoms with Gasteiger partial charge >= 0.3 is 0 Å². The zero-order valence-electron chi connectivity index (χ0n) is 14.4. The summed E-state index contributed by atoms with van der Waals surface area (Å²) in [5.74, 6) is -4.15. The molecule has 2 atom stereocenters. The van der Waals surface area contributed by atoms with Crippen molar-refractivity contribution in [2.75, 3.05) is 0 Å². The van der Waals surface area contributed by atoms with Crippen molar-refractivity contribution in [1.82, 2.24) is 0 Å². The van der Waals surface area contributed by atoms with Gasteiger partial charge in [0, 0.05) is 11.1 Å². The summed E-state index contributed by atoms with van der Waals surface area (Å²) in [5.41, 5.74) is -0.253. The summed E-state index contributed by atoms with van der Waals surface area (Å²) in [4.78, 5) is 49.1. The molecule has 0 saturated carbocycles. The summed E-state index contributed by atoms with van der Waals surface area (Å²) >= 11 is 0. The van der Waals surface area contributed by atoms with Crippen LogP contribution in [0.5, 0.6) is 11.5 Å². The summed E-state index contributed by atoms with van der Waals surface area (Å²) in [6.07, 6.45) is 1.35. The minimum atomic E-state index is -1.41. The molecule has 0 heterocycles. The monoisotopic (exact) mass is 342 g/mol. The lowest BCUT2D eigenvalue weighted by atomic mass is 9.66. The Morgan fingerprint density at radius 3 is 2.28 bits per heavy atom. The van der Waals surface area contributed by atoms with Crippen molar-refractivity contribution in [2.45, 2.75) is 39.5 Å². The van der Waals surface area contributed by atoms with Crippen LogP contribution >= 0.6 is 0 Å². The molecule has 0 bridgehead atoms. The topological polar surface area (TPSA) is 109 Å². The highest BCUT2D eigenvalue weighted by Gasteiger charge is 2.55. The maximum atomic E-state index is 13.0. The van der Waals surface area contributed by atoms with Crippen LogP contribution in [-0.2, 0) is 26.2 Å². The van der Waals surface area contributed by atoms with Crippen molar-refractivity contribution >= 4 is 23.1 Å². The van der Waals surface area contributed by atoms with Crippen molar-refractivity contribution in [2.24, 2.45) is 5.92 Å². The molecule has 0 fully saturated rings. The molecular formula is C19H18O6. The average molecular weight is 342 g/mol. The molecule has 1 aromatic rings.